The smallest absolute Gasteiger partial charge is 0.255 e. The van der Waals surface area contributed by atoms with Gasteiger partial charge < -0.3 is 5.32 Å². The van der Waals surface area contributed by atoms with Crippen LogP contribution >= 0.6 is 15.9 Å². The van der Waals surface area contributed by atoms with Gasteiger partial charge in [0.25, 0.3) is 5.91 Å². The highest BCUT2D eigenvalue weighted by Gasteiger charge is 2.11. The van der Waals surface area contributed by atoms with Crippen molar-refractivity contribution in [2.75, 3.05) is 5.32 Å². The standard InChI is InChI=1S/C17H13BrN2O/c1-11-5-6-13(18)9-14(11)17(21)20-16-4-2-3-12-7-8-19-10-15(12)16/h2-10H,1H3,(H,20,21). The SMILES string of the molecule is Cc1ccc(Br)cc1C(=O)Nc1cccc2ccncc12. The number of fused-ring (bicyclic) bond motifs is 1. The van der Waals surface area contributed by atoms with Crippen LogP contribution in [0.5, 0.6) is 0 Å². The van der Waals surface area contributed by atoms with Crippen molar-refractivity contribution >= 4 is 38.3 Å². The molecule has 1 N–H and O–H groups in total. The van der Waals surface area contributed by atoms with Crippen molar-refractivity contribution in [2.24, 2.45) is 0 Å². The number of carbonyl (C=O) groups is 1. The Kier molecular flexibility index (Phi) is 3.71. The molecule has 0 bridgehead atoms. The summed E-state index contributed by atoms with van der Waals surface area (Å²) in [4.78, 5) is 16.6. The molecule has 2 aromatic carbocycles. The van der Waals surface area contributed by atoms with Crippen LogP contribution in [0.3, 0.4) is 0 Å². The summed E-state index contributed by atoms with van der Waals surface area (Å²) in [6.45, 7) is 1.92. The highest BCUT2D eigenvalue weighted by Crippen LogP contribution is 2.23. The summed E-state index contributed by atoms with van der Waals surface area (Å²) in [5.74, 6) is -0.120. The first-order valence-corrected chi connectivity index (χ1v) is 7.35. The van der Waals surface area contributed by atoms with Crippen LogP contribution in [0.15, 0.2) is 59.3 Å². The van der Waals surface area contributed by atoms with E-state index in [4.69, 9.17) is 0 Å². The Bertz CT molecular complexity index is 825. The second-order valence-electron chi connectivity index (χ2n) is 4.82. The lowest BCUT2D eigenvalue weighted by molar-refractivity contribution is 0.102. The van der Waals surface area contributed by atoms with Gasteiger partial charge in [-0.15, -0.1) is 0 Å². The van der Waals surface area contributed by atoms with Crippen LogP contribution in [0.2, 0.25) is 0 Å². The third kappa shape index (κ3) is 2.81. The Balaban J connectivity index is 1.99. The third-order valence-corrected chi connectivity index (χ3v) is 3.87. The van der Waals surface area contributed by atoms with Crippen LogP contribution in [0.4, 0.5) is 5.69 Å². The van der Waals surface area contributed by atoms with Crippen molar-refractivity contribution in [1.29, 1.82) is 0 Å². The van der Waals surface area contributed by atoms with E-state index < -0.39 is 0 Å². The van der Waals surface area contributed by atoms with E-state index in [9.17, 15) is 4.79 Å². The number of halogens is 1. The first-order chi connectivity index (χ1) is 10.1. The van der Waals surface area contributed by atoms with Crippen molar-refractivity contribution in [1.82, 2.24) is 4.98 Å². The molecule has 4 heteroatoms. The average molecular weight is 341 g/mol. The maximum absolute atomic E-state index is 12.5. The molecule has 1 amide bonds. The summed E-state index contributed by atoms with van der Waals surface area (Å²) >= 11 is 3.40. The Hall–Kier alpha value is -2.20. The van der Waals surface area contributed by atoms with E-state index in [0.29, 0.717) is 5.56 Å². The average Bonchev–Trinajstić information content (AvgIpc) is 2.50. The molecule has 0 atom stereocenters. The minimum absolute atomic E-state index is 0.120. The van der Waals surface area contributed by atoms with E-state index in [1.54, 1.807) is 12.4 Å². The number of aromatic nitrogens is 1. The minimum atomic E-state index is -0.120. The summed E-state index contributed by atoms with van der Waals surface area (Å²) in [6.07, 6.45) is 3.51. The van der Waals surface area contributed by atoms with Gasteiger partial charge in [-0.05, 0) is 42.1 Å². The highest BCUT2D eigenvalue weighted by molar-refractivity contribution is 9.10. The molecule has 0 unspecified atom stereocenters. The van der Waals surface area contributed by atoms with Crippen LogP contribution in [-0.2, 0) is 0 Å². The van der Waals surface area contributed by atoms with Crippen molar-refractivity contribution < 1.29 is 4.79 Å². The van der Waals surface area contributed by atoms with Gasteiger partial charge >= 0.3 is 0 Å². The molecule has 3 aromatic rings. The first kappa shape index (κ1) is 13.8. The lowest BCUT2D eigenvalue weighted by Gasteiger charge is -2.10. The summed E-state index contributed by atoms with van der Waals surface area (Å²) in [7, 11) is 0. The number of hydrogen-bond donors (Lipinski definition) is 1. The van der Waals surface area contributed by atoms with E-state index in [0.717, 1.165) is 26.5 Å². The molecule has 21 heavy (non-hydrogen) atoms. The molecular weight excluding hydrogens is 328 g/mol. The number of nitrogens with zero attached hydrogens (tertiary/aromatic N) is 1. The normalized spacial score (nSPS) is 10.6. The fourth-order valence-electron chi connectivity index (χ4n) is 2.25. The molecule has 0 fully saturated rings. The zero-order chi connectivity index (χ0) is 14.8. The number of anilines is 1. The predicted octanol–water partition coefficient (Wildman–Crippen LogP) is 4.56. The molecule has 0 saturated heterocycles. The van der Waals surface area contributed by atoms with Crippen LogP contribution in [0, 0.1) is 6.92 Å². The quantitative estimate of drug-likeness (QED) is 0.743. The van der Waals surface area contributed by atoms with Crippen molar-refractivity contribution in [3.8, 4) is 0 Å². The van der Waals surface area contributed by atoms with E-state index in [1.807, 2.05) is 49.4 Å². The first-order valence-electron chi connectivity index (χ1n) is 6.55. The van der Waals surface area contributed by atoms with E-state index in [2.05, 4.69) is 26.2 Å². The molecule has 3 rings (SSSR count). The number of amides is 1. The zero-order valence-corrected chi connectivity index (χ0v) is 13.0. The Morgan fingerprint density at radius 3 is 2.90 bits per heavy atom. The van der Waals surface area contributed by atoms with Crippen LogP contribution in [0.25, 0.3) is 10.8 Å². The predicted molar refractivity (Wildman–Crippen MR) is 88.6 cm³/mol. The van der Waals surface area contributed by atoms with Gasteiger partial charge in [-0.1, -0.05) is 34.1 Å². The summed E-state index contributed by atoms with van der Waals surface area (Å²) in [6, 6.07) is 13.4. The van der Waals surface area contributed by atoms with Gasteiger partial charge in [0, 0.05) is 27.8 Å². The second kappa shape index (κ2) is 5.66. The van der Waals surface area contributed by atoms with Crippen LogP contribution < -0.4 is 5.32 Å². The lowest BCUT2D eigenvalue weighted by Crippen LogP contribution is -2.13. The Morgan fingerprint density at radius 2 is 2.05 bits per heavy atom. The van der Waals surface area contributed by atoms with E-state index in [1.165, 1.54) is 0 Å². The van der Waals surface area contributed by atoms with Gasteiger partial charge in [0.15, 0.2) is 0 Å². The summed E-state index contributed by atoms with van der Waals surface area (Å²) in [5, 5.41) is 4.95. The molecule has 0 saturated carbocycles. The van der Waals surface area contributed by atoms with E-state index >= 15 is 0 Å². The largest absolute Gasteiger partial charge is 0.321 e. The van der Waals surface area contributed by atoms with Gasteiger partial charge in [0.05, 0.1) is 5.69 Å². The maximum atomic E-state index is 12.5. The molecule has 0 aliphatic heterocycles. The number of pyridine rings is 1. The maximum Gasteiger partial charge on any atom is 0.255 e. The number of hydrogen-bond acceptors (Lipinski definition) is 2. The zero-order valence-electron chi connectivity index (χ0n) is 11.4. The van der Waals surface area contributed by atoms with E-state index in [-0.39, 0.29) is 5.91 Å². The fourth-order valence-corrected chi connectivity index (χ4v) is 2.61. The monoisotopic (exact) mass is 340 g/mol. The number of aryl methyl sites for hydroxylation is 1. The number of rotatable bonds is 2. The number of nitrogens with one attached hydrogen (secondary N) is 1. The molecule has 104 valence electrons. The molecule has 0 radical (unpaired) electrons. The van der Waals surface area contributed by atoms with Gasteiger partial charge in [-0.3, -0.25) is 9.78 Å². The molecular formula is C17H13BrN2O. The lowest BCUT2D eigenvalue weighted by atomic mass is 10.1. The highest BCUT2D eigenvalue weighted by atomic mass is 79.9. The molecule has 1 aromatic heterocycles. The van der Waals surface area contributed by atoms with Crippen molar-refractivity contribution in [2.45, 2.75) is 6.92 Å². The summed E-state index contributed by atoms with van der Waals surface area (Å²) < 4.78 is 0.887. The number of carbonyl (C=O) groups excluding carboxylic acids is 1. The van der Waals surface area contributed by atoms with Gasteiger partial charge in [0.2, 0.25) is 0 Å². The van der Waals surface area contributed by atoms with Gasteiger partial charge in [-0.25, -0.2) is 0 Å². The number of benzene rings is 2. The van der Waals surface area contributed by atoms with Crippen LogP contribution in [0.1, 0.15) is 15.9 Å². The topological polar surface area (TPSA) is 42.0 Å². The second-order valence-corrected chi connectivity index (χ2v) is 5.73. The van der Waals surface area contributed by atoms with Gasteiger partial charge in [0.1, 0.15) is 0 Å². The summed E-state index contributed by atoms with van der Waals surface area (Å²) in [5.41, 5.74) is 2.37. The Labute approximate surface area is 131 Å². The molecule has 3 nitrogen and oxygen atoms in total. The van der Waals surface area contributed by atoms with Crippen molar-refractivity contribution in [3.63, 3.8) is 0 Å². The molecule has 0 aliphatic carbocycles. The molecule has 0 spiro atoms. The Morgan fingerprint density at radius 1 is 1.19 bits per heavy atom. The fraction of sp³-hybridized carbons (Fsp3) is 0.0588. The van der Waals surface area contributed by atoms with Crippen molar-refractivity contribution in [3.05, 3.63) is 70.5 Å². The molecule has 1 heterocycles. The van der Waals surface area contributed by atoms with Crippen LogP contribution in [-0.4, -0.2) is 10.9 Å². The third-order valence-electron chi connectivity index (χ3n) is 3.38. The van der Waals surface area contributed by atoms with Gasteiger partial charge in [-0.2, -0.15) is 0 Å². The minimum Gasteiger partial charge on any atom is -0.321 e. The molecule has 0 aliphatic rings.